The standard InChI is InChI=1S/C35H29F3P2S2/c36-35(37,38)30-23-21-28(22-24-30)29(27-40(42,33-17-9-3-10-18-33)34-19-11-4-12-20-34)25-26-39(41,31-13-5-1-6-14-31)32-15-7-2-8-16-32/h1-25H,26-27H2/b29-25+. The van der Waals surface area contributed by atoms with E-state index < -0.39 is 23.8 Å². The van der Waals surface area contributed by atoms with Crippen LogP contribution in [-0.4, -0.2) is 12.3 Å². The van der Waals surface area contributed by atoms with Crippen molar-refractivity contribution in [3.05, 3.63) is 163 Å². The molecule has 0 saturated heterocycles. The molecule has 7 heteroatoms. The van der Waals surface area contributed by atoms with Crippen LogP contribution in [0.25, 0.3) is 5.57 Å². The smallest absolute Gasteiger partial charge is 0.166 e. The Hall–Kier alpha value is -3.07. The lowest BCUT2D eigenvalue weighted by Gasteiger charge is -2.27. The lowest BCUT2D eigenvalue weighted by molar-refractivity contribution is -0.137. The molecule has 0 amide bonds. The van der Waals surface area contributed by atoms with E-state index in [-0.39, 0.29) is 0 Å². The molecule has 0 unspecified atom stereocenters. The minimum atomic E-state index is -4.41. The van der Waals surface area contributed by atoms with Crippen molar-refractivity contribution in [3.63, 3.8) is 0 Å². The maximum atomic E-state index is 13.5. The van der Waals surface area contributed by atoms with Crippen molar-refractivity contribution >= 4 is 62.5 Å². The molecule has 0 spiro atoms. The third kappa shape index (κ3) is 6.77. The molecule has 0 heterocycles. The van der Waals surface area contributed by atoms with E-state index >= 15 is 0 Å². The Morgan fingerprint density at radius 1 is 0.524 bits per heavy atom. The Kier molecular flexibility index (Phi) is 9.45. The first-order valence-corrected chi connectivity index (χ1v) is 19.4. The van der Waals surface area contributed by atoms with Gasteiger partial charge in [-0.05, 0) is 44.5 Å². The number of halogens is 3. The van der Waals surface area contributed by atoms with E-state index in [9.17, 15) is 13.2 Å². The zero-order valence-corrected chi connectivity index (χ0v) is 26.1. The van der Waals surface area contributed by atoms with Crippen LogP contribution in [0.15, 0.2) is 152 Å². The minimum absolute atomic E-state index is 0.515. The van der Waals surface area contributed by atoms with Gasteiger partial charge in [-0.3, -0.25) is 0 Å². The van der Waals surface area contributed by atoms with Gasteiger partial charge in [-0.25, -0.2) is 0 Å². The molecule has 42 heavy (non-hydrogen) atoms. The summed E-state index contributed by atoms with van der Waals surface area (Å²) in [7, 11) is 0. The van der Waals surface area contributed by atoms with E-state index in [1.54, 1.807) is 12.1 Å². The number of hydrogen-bond acceptors (Lipinski definition) is 2. The molecule has 0 saturated carbocycles. The molecule has 0 aromatic heterocycles. The van der Waals surface area contributed by atoms with Gasteiger partial charge in [-0.2, -0.15) is 13.2 Å². The van der Waals surface area contributed by atoms with E-state index in [0.717, 1.165) is 44.5 Å². The Labute approximate surface area is 256 Å². The van der Waals surface area contributed by atoms with Gasteiger partial charge in [-0.1, -0.05) is 163 Å². The third-order valence-electron chi connectivity index (χ3n) is 7.26. The minimum Gasteiger partial charge on any atom is -0.166 e. The molecule has 0 fully saturated rings. The zero-order valence-electron chi connectivity index (χ0n) is 22.7. The molecule has 5 rings (SSSR count). The topological polar surface area (TPSA) is 0 Å². The largest absolute Gasteiger partial charge is 0.416 e. The Balaban J connectivity index is 1.66. The van der Waals surface area contributed by atoms with Crippen molar-refractivity contribution in [2.24, 2.45) is 0 Å². The summed E-state index contributed by atoms with van der Waals surface area (Å²) in [5.41, 5.74) is 0.974. The number of allylic oxidation sites excluding steroid dienone is 2. The molecule has 0 aliphatic carbocycles. The zero-order chi connectivity index (χ0) is 29.6. The molecule has 0 aliphatic heterocycles. The second-order valence-electron chi connectivity index (χ2n) is 9.97. The van der Waals surface area contributed by atoms with Crippen LogP contribution in [0.4, 0.5) is 13.2 Å². The van der Waals surface area contributed by atoms with Crippen LogP contribution >= 0.6 is 12.1 Å². The van der Waals surface area contributed by atoms with Crippen LogP contribution in [0, 0.1) is 0 Å². The van der Waals surface area contributed by atoms with Gasteiger partial charge in [0, 0.05) is 24.4 Å². The predicted octanol–water partition coefficient (Wildman–Crippen LogP) is 8.35. The lowest BCUT2D eigenvalue weighted by atomic mass is 10.1. The molecule has 212 valence electrons. The molecule has 0 radical (unpaired) electrons. The van der Waals surface area contributed by atoms with Crippen molar-refractivity contribution < 1.29 is 13.2 Å². The van der Waals surface area contributed by atoms with Gasteiger partial charge in [0.1, 0.15) is 0 Å². The van der Waals surface area contributed by atoms with E-state index in [4.69, 9.17) is 23.6 Å². The quantitative estimate of drug-likeness (QED) is 0.150. The molecule has 0 atom stereocenters. The van der Waals surface area contributed by atoms with Gasteiger partial charge in [-0.15, -0.1) is 0 Å². The Morgan fingerprint density at radius 2 is 0.881 bits per heavy atom. The normalized spacial score (nSPS) is 12.7. The summed E-state index contributed by atoms with van der Waals surface area (Å²) in [6, 6.07) is 41.2. The summed E-state index contributed by atoms with van der Waals surface area (Å²) in [5, 5.41) is 4.32. The third-order valence-corrected chi connectivity index (χ3v) is 16.6. The highest BCUT2D eigenvalue weighted by molar-refractivity contribution is 8.22. The average Bonchev–Trinajstić information content (AvgIpc) is 3.04. The fraction of sp³-hybridized carbons (Fsp3) is 0.0857. The fourth-order valence-corrected chi connectivity index (χ4v) is 12.4. The van der Waals surface area contributed by atoms with Crippen LogP contribution in [0.5, 0.6) is 0 Å². The van der Waals surface area contributed by atoms with Crippen LogP contribution in [0.2, 0.25) is 0 Å². The molecule has 5 aromatic rings. The van der Waals surface area contributed by atoms with E-state index in [0.29, 0.717) is 12.3 Å². The number of hydrogen-bond donors (Lipinski definition) is 0. The van der Waals surface area contributed by atoms with Crippen LogP contribution in [0.1, 0.15) is 11.1 Å². The van der Waals surface area contributed by atoms with Gasteiger partial charge in [0.05, 0.1) is 5.56 Å². The van der Waals surface area contributed by atoms with E-state index in [1.165, 1.54) is 0 Å². The van der Waals surface area contributed by atoms with Gasteiger partial charge < -0.3 is 0 Å². The van der Waals surface area contributed by atoms with Crippen molar-refractivity contribution in [2.45, 2.75) is 6.18 Å². The molecule has 0 bridgehead atoms. The summed E-state index contributed by atoms with van der Waals surface area (Å²) >= 11 is 13.1. The Morgan fingerprint density at radius 3 is 1.24 bits per heavy atom. The lowest BCUT2D eigenvalue weighted by Crippen LogP contribution is -2.20. The fourth-order valence-electron chi connectivity index (χ4n) is 4.99. The van der Waals surface area contributed by atoms with Crippen molar-refractivity contribution in [1.29, 1.82) is 0 Å². The number of alkyl halides is 3. The maximum Gasteiger partial charge on any atom is 0.416 e. The van der Waals surface area contributed by atoms with Gasteiger partial charge in [0.2, 0.25) is 0 Å². The highest BCUT2D eigenvalue weighted by Crippen LogP contribution is 2.49. The van der Waals surface area contributed by atoms with Crippen molar-refractivity contribution in [1.82, 2.24) is 0 Å². The summed E-state index contributed by atoms with van der Waals surface area (Å²) in [6.45, 7) is 0. The molecule has 5 aromatic carbocycles. The maximum absolute atomic E-state index is 13.5. The predicted molar refractivity (Wildman–Crippen MR) is 182 cm³/mol. The van der Waals surface area contributed by atoms with E-state index in [2.05, 4.69) is 54.6 Å². The summed E-state index contributed by atoms with van der Waals surface area (Å²) in [6.07, 6.45) is -1.17. The average molecular weight is 633 g/mol. The monoisotopic (exact) mass is 632 g/mol. The van der Waals surface area contributed by atoms with Crippen molar-refractivity contribution in [3.8, 4) is 0 Å². The highest BCUT2D eigenvalue weighted by Gasteiger charge is 2.31. The molecular weight excluding hydrogens is 603 g/mol. The van der Waals surface area contributed by atoms with Gasteiger partial charge in [0.15, 0.2) is 0 Å². The van der Waals surface area contributed by atoms with E-state index in [1.807, 2.05) is 72.8 Å². The Bertz CT molecular complexity index is 1650. The molecule has 0 N–H and O–H groups in total. The van der Waals surface area contributed by atoms with Crippen LogP contribution in [-0.2, 0) is 29.8 Å². The first kappa shape index (κ1) is 30.4. The van der Waals surface area contributed by atoms with Crippen LogP contribution < -0.4 is 21.2 Å². The van der Waals surface area contributed by atoms with Gasteiger partial charge >= 0.3 is 6.18 Å². The number of rotatable bonds is 9. The molecule has 0 aliphatic rings. The second kappa shape index (κ2) is 13.1. The molecular formula is C35H29F3P2S2. The second-order valence-corrected chi connectivity index (χ2v) is 19.4. The SMILES string of the molecule is FC(F)(F)c1ccc(/C(=C/CP(=S)(c2ccccc2)c2ccccc2)CP(=S)(c2ccccc2)c2ccccc2)cc1. The first-order valence-electron chi connectivity index (χ1n) is 13.5. The summed E-state index contributed by atoms with van der Waals surface area (Å²) < 4.78 is 40.4. The summed E-state index contributed by atoms with van der Waals surface area (Å²) in [4.78, 5) is 0. The summed E-state index contributed by atoms with van der Waals surface area (Å²) in [5.74, 6) is 0. The molecule has 0 nitrogen and oxygen atoms in total. The van der Waals surface area contributed by atoms with Crippen molar-refractivity contribution in [2.75, 3.05) is 12.3 Å². The highest BCUT2D eigenvalue weighted by atomic mass is 32.4. The first-order chi connectivity index (χ1) is 20.2. The van der Waals surface area contributed by atoms with Gasteiger partial charge in [0.25, 0.3) is 0 Å². The number of benzene rings is 5. The van der Waals surface area contributed by atoms with Crippen LogP contribution in [0.3, 0.4) is 0 Å².